The number of rotatable bonds is 16. The second-order valence-electron chi connectivity index (χ2n) is 12.4. The van der Waals surface area contributed by atoms with E-state index in [4.69, 9.17) is 37.4 Å². The van der Waals surface area contributed by atoms with Crippen molar-refractivity contribution in [2.45, 2.75) is 62.6 Å². The van der Waals surface area contributed by atoms with E-state index in [2.05, 4.69) is 5.32 Å². The van der Waals surface area contributed by atoms with E-state index in [1.54, 1.807) is 42.5 Å². The van der Waals surface area contributed by atoms with E-state index in [0.29, 0.717) is 33.7 Å². The number of benzene rings is 4. The summed E-state index contributed by atoms with van der Waals surface area (Å²) in [7, 11) is -1.57. The average Bonchev–Trinajstić information content (AvgIpc) is 3.66. The van der Waals surface area contributed by atoms with Crippen LogP contribution in [0, 0.1) is 0 Å². The van der Waals surface area contributed by atoms with Crippen molar-refractivity contribution in [1.29, 1.82) is 0 Å². The summed E-state index contributed by atoms with van der Waals surface area (Å²) in [5.74, 6) is 0.0783. The highest BCUT2D eigenvalue weighted by molar-refractivity contribution is 7.92. The number of methoxy groups -OCH3 is 2. The molecule has 0 unspecified atom stereocenters. The molecule has 1 N–H and O–H groups in total. The Kier molecular flexibility index (Phi) is 13.3. The zero-order chi connectivity index (χ0) is 37.3. The normalized spacial score (nSPS) is 13.6. The van der Waals surface area contributed by atoms with Crippen molar-refractivity contribution in [3.05, 3.63) is 112 Å². The standard InChI is InChI=1S/C39H43Cl2N3O7S/c1-4-51-30-19-17-29(18-20-30)44(52(47,48)31-21-22-36(49-2)37(24-31)50-3)26-38(45)43(25-32-33(40)15-10-16-34(32)41)35(23-27-11-6-5-7-12-27)39(46)42-28-13-8-9-14-28/h5-7,10-12,15-22,24,28,35H,4,8-9,13-14,23,25-26H2,1-3H3,(H,42,46)/t35-/m1/s1. The first-order valence-electron chi connectivity index (χ1n) is 17.1. The zero-order valence-corrected chi connectivity index (χ0v) is 31.7. The molecule has 276 valence electrons. The van der Waals surface area contributed by atoms with Crippen LogP contribution < -0.4 is 23.8 Å². The largest absolute Gasteiger partial charge is 0.494 e. The number of anilines is 1. The van der Waals surface area contributed by atoms with Crippen molar-refractivity contribution in [3.8, 4) is 17.2 Å². The van der Waals surface area contributed by atoms with E-state index >= 15 is 0 Å². The van der Waals surface area contributed by atoms with Crippen molar-refractivity contribution in [3.63, 3.8) is 0 Å². The Morgan fingerprint density at radius 1 is 0.865 bits per heavy atom. The SMILES string of the molecule is CCOc1ccc(N(CC(=O)N(Cc2c(Cl)cccc2Cl)[C@H](Cc2ccccc2)C(=O)NC2CCCC2)S(=O)(=O)c2ccc(OC)c(OC)c2)cc1. The van der Waals surface area contributed by atoms with Gasteiger partial charge < -0.3 is 24.4 Å². The van der Waals surface area contributed by atoms with E-state index < -0.39 is 28.5 Å². The summed E-state index contributed by atoms with van der Waals surface area (Å²) in [6.45, 7) is 1.45. The minimum Gasteiger partial charge on any atom is -0.494 e. The third-order valence-corrected chi connectivity index (χ3v) is 11.5. The van der Waals surface area contributed by atoms with E-state index in [0.717, 1.165) is 35.6 Å². The first-order valence-corrected chi connectivity index (χ1v) is 19.3. The van der Waals surface area contributed by atoms with Crippen LogP contribution in [-0.2, 0) is 32.6 Å². The van der Waals surface area contributed by atoms with Gasteiger partial charge in [-0.05, 0) is 73.9 Å². The topological polar surface area (TPSA) is 114 Å². The molecule has 4 aromatic carbocycles. The Bertz CT molecular complexity index is 1920. The molecule has 2 amide bonds. The van der Waals surface area contributed by atoms with Crippen LogP contribution in [0.3, 0.4) is 0 Å². The van der Waals surface area contributed by atoms with Gasteiger partial charge in [0.2, 0.25) is 11.8 Å². The number of carbonyl (C=O) groups is 2. The molecule has 5 rings (SSSR count). The minimum absolute atomic E-state index is 0.0302. The number of sulfonamides is 1. The lowest BCUT2D eigenvalue weighted by molar-refractivity contribution is -0.140. The summed E-state index contributed by atoms with van der Waals surface area (Å²) in [6, 6.07) is 23.9. The average molecular weight is 769 g/mol. The van der Waals surface area contributed by atoms with E-state index in [9.17, 15) is 18.0 Å². The maximum absolute atomic E-state index is 14.9. The van der Waals surface area contributed by atoms with Crippen LogP contribution in [-0.4, -0.2) is 64.6 Å². The first-order chi connectivity index (χ1) is 25.0. The van der Waals surface area contributed by atoms with Gasteiger partial charge in [0.15, 0.2) is 11.5 Å². The summed E-state index contributed by atoms with van der Waals surface area (Å²) < 4.78 is 46.5. The zero-order valence-electron chi connectivity index (χ0n) is 29.4. The number of hydrogen-bond acceptors (Lipinski definition) is 7. The van der Waals surface area contributed by atoms with Crippen LogP contribution in [0.25, 0.3) is 0 Å². The number of amides is 2. The number of nitrogens with zero attached hydrogens (tertiary/aromatic N) is 2. The fraction of sp³-hybridized carbons (Fsp3) is 0.333. The lowest BCUT2D eigenvalue weighted by Crippen LogP contribution is -2.54. The molecule has 1 aliphatic rings. The third kappa shape index (κ3) is 9.31. The van der Waals surface area contributed by atoms with Crippen molar-refractivity contribution < 1.29 is 32.2 Å². The minimum atomic E-state index is -4.42. The molecular weight excluding hydrogens is 725 g/mol. The van der Waals surface area contributed by atoms with Crippen molar-refractivity contribution in [2.24, 2.45) is 0 Å². The Balaban J connectivity index is 1.61. The smallest absolute Gasteiger partial charge is 0.264 e. The molecule has 0 saturated heterocycles. The molecule has 0 spiro atoms. The number of halogens is 2. The van der Waals surface area contributed by atoms with Crippen LogP contribution in [0.2, 0.25) is 10.0 Å². The quantitative estimate of drug-likeness (QED) is 0.127. The number of hydrogen-bond donors (Lipinski definition) is 1. The van der Waals surface area contributed by atoms with Crippen molar-refractivity contribution >= 4 is 50.7 Å². The summed E-state index contributed by atoms with van der Waals surface area (Å²) in [5.41, 5.74) is 1.46. The third-order valence-electron chi connectivity index (χ3n) is 9.02. The molecule has 0 radical (unpaired) electrons. The molecule has 0 aliphatic heterocycles. The lowest BCUT2D eigenvalue weighted by atomic mass is 10.0. The molecule has 0 heterocycles. The highest BCUT2D eigenvalue weighted by atomic mass is 35.5. The van der Waals surface area contributed by atoms with Crippen molar-refractivity contribution in [2.75, 3.05) is 31.7 Å². The van der Waals surface area contributed by atoms with Crippen LogP contribution in [0.4, 0.5) is 5.69 Å². The van der Waals surface area contributed by atoms with Gasteiger partial charge in [0.1, 0.15) is 18.3 Å². The predicted octanol–water partition coefficient (Wildman–Crippen LogP) is 7.30. The highest BCUT2D eigenvalue weighted by Crippen LogP contribution is 2.34. The Labute approximate surface area is 315 Å². The second kappa shape index (κ2) is 17.9. The monoisotopic (exact) mass is 767 g/mol. The first kappa shape index (κ1) is 38.8. The highest BCUT2D eigenvalue weighted by Gasteiger charge is 2.36. The van der Waals surface area contributed by atoms with Gasteiger partial charge in [0.05, 0.1) is 31.4 Å². The fourth-order valence-corrected chi connectivity index (χ4v) is 8.23. The molecule has 1 aliphatic carbocycles. The summed E-state index contributed by atoms with van der Waals surface area (Å²) in [6.07, 6.45) is 3.83. The van der Waals surface area contributed by atoms with Gasteiger partial charge in [-0.25, -0.2) is 8.42 Å². The number of ether oxygens (including phenoxy) is 3. The van der Waals surface area contributed by atoms with Gasteiger partial charge in [-0.2, -0.15) is 0 Å². The molecule has 10 nitrogen and oxygen atoms in total. The molecule has 1 atom stereocenters. The van der Waals surface area contributed by atoms with Gasteiger partial charge in [0, 0.05) is 40.7 Å². The Morgan fingerprint density at radius 2 is 1.52 bits per heavy atom. The van der Waals surface area contributed by atoms with Crippen LogP contribution in [0.15, 0.2) is 95.9 Å². The van der Waals surface area contributed by atoms with Gasteiger partial charge in [-0.1, -0.05) is 72.4 Å². The van der Waals surface area contributed by atoms with Crippen LogP contribution in [0.1, 0.15) is 43.7 Å². The summed E-state index contributed by atoms with van der Waals surface area (Å²) in [5, 5.41) is 3.78. The molecule has 1 saturated carbocycles. The molecule has 13 heteroatoms. The molecule has 1 fully saturated rings. The van der Waals surface area contributed by atoms with Gasteiger partial charge >= 0.3 is 0 Å². The second-order valence-corrected chi connectivity index (χ2v) is 15.0. The van der Waals surface area contributed by atoms with Crippen LogP contribution in [0.5, 0.6) is 17.2 Å². The van der Waals surface area contributed by atoms with E-state index in [1.165, 1.54) is 37.3 Å². The molecule has 52 heavy (non-hydrogen) atoms. The van der Waals surface area contributed by atoms with Gasteiger partial charge in [0.25, 0.3) is 10.0 Å². The maximum Gasteiger partial charge on any atom is 0.264 e. The fourth-order valence-electron chi connectivity index (χ4n) is 6.28. The van der Waals surface area contributed by atoms with Gasteiger partial charge in [-0.15, -0.1) is 0 Å². The summed E-state index contributed by atoms with van der Waals surface area (Å²) in [4.78, 5) is 30.4. The predicted molar refractivity (Wildman–Crippen MR) is 203 cm³/mol. The molecule has 0 aromatic heterocycles. The number of carbonyl (C=O) groups excluding carboxylic acids is 2. The molecule has 4 aromatic rings. The van der Waals surface area contributed by atoms with Gasteiger partial charge in [-0.3, -0.25) is 13.9 Å². The van der Waals surface area contributed by atoms with E-state index in [-0.39, 0.29) is 41.2 Å². The van der Waals surface area contributed by atoms with Crippen molar-refractivity contribution in [1.82, 2.24) is 10.2 Å². The Hall–Kier alpha value is -4.45. The lowest BCUT2D eigenvalue weighted by Gasteiger charge is -2.34. The van der Waals surface area contributed by atoms with Crippen LogP contribution >= 0.6 is 23.2 Å². The number of nitrogens with one attached hydrogen (secondary N) is 1. The molecular formula is C39H43Cl2N3O7S. The van der Waals surface area contributed by atoms with E-state index in [1.807, 2.05) is 37.3 Å². The Morgan fingerprint density at radius 3 is 2.13 bits per heavy atom. The molecule has 0 bridgehead atoms. The summed E-state index contributed by atoms with van der Waals surface area (Å²) >= 11 is 13.3. The maximum atomic E-state index is 14.9.